The number of hydrogen-bond acceptors (Lipinski definition) is 9. The van der Waals surface area contributed by atoms with Gasteiger partial charge in [0.15, 0.2) is 6.61 Å². The standard InChI is InChI=1S/C18H18N2O5S.C16H13ClFNO5/c1-25-16-5-3-2-4-15(16)18(22)20-26(23,24)14-10-6-12(7-11-14)17(21)19-13-8-9-13;17-10-5-11(18)12(6-13(10)24-7-14(20)21)19-15(22)8-3-1-2-4-9(8)16(19)23/h2-7,10-11,13H,8-9H2,1H3,(H,19,21)(H,20,22);5-6H,1-4,7H2,(H,20,21). The van der Waals surface area contributed by atoms with Crippen molar-refractivity contribution in [1.29, 1.82) is 0 Å². The minimum atomic E-state index is -4.07. The fraction of sp³-hybridized carbons (Fsp3) is 0.265. The van der Waals surface area contributed by atoms with Gasteiger partial charge in [-0.2, -0.15) is 0 Å². The number of ether oxygens (including phenoxy) is 2. The fourth-order valence-electron chi connectivity index (χ4n) is 5.25. The Balaban J connectivity index is 0.000000195. The van der Waals surface area contributed by atoms with Crippen molar-refractivity contribution < 1.29 is 51.4 Å². The molecule has 4 amide bonds. The highest BCUT2D eigenvalue weighted by Crippen LogP contribution is 2.39. The number of carboxylic acids is 1. The van der Waals surface area contributed by atoms with E-state index in [1.165, 1.54) is 37.4 Å². The molecule has 3 N–H and O–H groups in total. The molecule has 0 bridgehead atoms. The Hall–Kier alpha value is -5.28. The molecule has 1 aliphatic heterocycles. The highest BCUT2D eigenvalue weighted by Gasteiger charge is 2.41. The van der Waals surface area contributed by atoms with Gasteiger partial charge in [0.05, 0.1) is 28.3 Å². The number of rotatable bonds is 10. The molecule has 3 aromatic rings. The van der Waals surface area contributed by atoms with Crippen LogP contribution in [0.1, 0.15) is 59.2 Å². The number of anilines is 1. The molecule has 0 radical (unpaired) electrons. The molecule has 0 unspecified atom stereocenters. The van der Waals surface area contributed by atoms with Gasteiger partial charge in [0.25, 0.3) is 33.7 Å². The molecule has 50 heavy (non-hydrogen) atoms. The topological polar surface area (TPSA) is 185 Å². The lowest BCUT2D eigenvalue weighted by Gasteiger charge is -2.17. The van der Waals surface area contributed by atoms with Crippen LogP contribution in [0.15, 0.2) is 76.7 Å². The summed E-state index contributed by atoms with van der Waals surface area (Å²) in [6.07, 6.45) is 4.53. The number of methoxy groups -OCH3 is 1. The third-order valence-electron chi connectivity index (χ3n) is 7.90. The summed E-state index contributed by atoms with van der Waals surface area (Å²) in [6.45, 7) is -0.679. The molecule has 0 saturated heterocycles. The third kappa shape index (κ3) is 8.12. The number of nitrogens with zero attached hydrogens (tertiary/aromatic N) is 1. The SMILES string of the molecule is COc1ccccc1C(=O)NS(=O)(=O)c1ccc(C(=O)NC2CC2)cc1.O=C(O)COc1cc(N2C(=O)C3=C(CCCC3)C2=O)c(F)cc1Cl. The van der Waals surface area contributed by atoms with E-state index >= 15 is 0 Å². The molecule has 16 heteroatoms. The van der Waals surface area contributed by atoms with Crippen LogP contribution < -0.4 is 24.4 Å². The molecule has 0 aromatic heterocycles. The second-order valence-electron chi connectivity index (χ2n) is 11.4. The van der Waals surface area contributed by atoms with Crippen molar-refractivity contribution in [3.05, 3.63) is 93.8 Å². The first-order chi connectivity index (χ1) is 23.8. The Kier molecular flexibility index (Phi) is 10.9. The van der Waals surface area contributed by atoms with E-state index in [4.69, 9.17) is 26.2 Å². The number of carbonyl (C=O) groups excluding carboxylic acids is 4. The van der Waals surface area contributed by atoms with Crippen LogP contribution in [0, 0.1) is 5.82 Å². The van der Waals surface area contributed by atoms with E-state index in [1.807, 2.05) is 4.72 Å². The number of sulfonamides is 1. The van der Waals surface area contributed by atoms with Gasteiger partial charge in [0.1, 0.15) is 17.3 Å². The Morgan fingerprint density at radius 3 is 2.14 bits per heavy atom. The maximum absolute atomic E-state index is 14.3. The number of carboxylic acid groups (broad SMARTS) is 1. The van der Waals surface area contributed by atoms with Crippen molar-refractivity contribution in [2.24, 2.45) is 0 Å². The lowest BCUT2D eigenvalue weighted by atomic mass is 9.93. The Morgan fingerprint density at radius 1 is 0.940 bits per heavy atom. The number of carbonyl (C=O) groups is 5. The average Bonchev–Trinajstić information content (AvgIpc) is 3.88. The van der Waals surface area contributed by atoms with Gasteiger partial charge < -0.3 is 19.9 Å². The van der Waals surface area contributed by atoms with E-state index in [0.29, 0.717) is 29.6 Å². The van der Waals surface area contributed by atoms with E-state index < -0.39 is 46.1 Å². The molecular formula is C34H31ClFN3O10S. The maximum Gasteiger partial charge on any atom is 0.341 e. The monoisotopic (exact) mass is 727 g/mol. The predicted octanol–water partition coefficient (Wildman–Crippen LogP) is 4.39. The number of benzene rings is 3. The Morgan fingerprint density at radius 2 is 1.56 bits per heavy atom. The normalized spacial score (nSPS) is 15.5. The minimum absolute atomic E-state index is 0.108. The van der Waals surface area contributed by atoms with Gasteiger partial charge in [-0.1, -0.05) is 23.7 Å². The predicted molar refractivity (Wildman–Crippen MR) is 177 cm³/mol. The van der Waals surface area contributed by atoms with Gasteiger partial charge in [-0.05, 0) is 81.0 Å². The molecule has 13 nitrogen and oxygen atoms in total. The molecule has 3 aliphatic rings. The highest BCUT2D eigenvalue weighted by atomic mass is 35.5. The van der Waals surface area contributed by atoms with Crippen LogP contribution in [0.25, 0.3) is 0 Å². The van der Waals surface area contributed by atoms with Crippen LogP contribution in [0.5, 0.6) is 11.5 Å². The number of nitrogens with one attached hydrogen (secondary N) is 2. The lowest BCUT2D eigenvalue weighted by Crippen LogP contribution is -2.32. The molecule has 1 saturated carbocycles. The van der Waals surface area contributed by atoms with Crippen LogP contribution in [0.2, 0.25) is 5.02 Å². The largest absolute Gasteiger partial charge is 0.496 e. The summed E-state index contributed by atoms with van der Waals surface area (Å²) in [5.74, 6) is -4.05. The van der Waals surface area contributed by atoms with Gasteiger partial charge in [-0.15, -0.1) is 0 Å². The number of imide groups is 1. The molecule has 2 aliphatic carbocycles. The quantitative estimate of drug-likeness (QED) is 0.253. The van der Waals surface area contributed by atoms with Crippen molar-refractivity contribution in [3.8, 4) is 11.5 Å². The maximum atomic E-state index is 14.3. The van der Waals surface area contributed by atoms with Crippen LogP contribution in [-0.2, 0) is 24.4 Å². The fourth-order valence-corrected chi connectivity index (χ4v) is 6.42. The molecule has 0 spiro atoms. The number of amides is 4. The van der Waals surface area contributed by atoms with E-state index in [-0.39, 0.29) is 44.6 Å². The number of aliphatic carboxylic acids is 1. The van der Waals surface area contributed by atoms with Crippen LogP contribution in [0.4, 0.5) is 10.1 Å². The van der Waals surface area contributed by atoms with Crippen molar-refractivity contribution in [3.63, 3.8) is 0 Å². The van der Waals surface area contributed by atoms with Crippen LogP contribution >= 0.6 is 11.6 Å². The second kappa shape index (κ2) is 15.1. The molecular weight excluding hydrogens is 697 g/mol. The first-order valence-corrected chi connectivity index (χ1v) is 17.2. The summed E-state index contributed by atoms with van der Waals surface area (Å²) in [5, 5.41) is 11.3. The van der Waals surface area contributed by atoms with Crippen molar-refractivity contribution >= 4 is 56.9 Å². The van der Waals surface area contributed by atoms with Gasteiger partial charge in [0, 0.05) is 28.8 Å². The zero-order chi connectivity index (χ0) is 36.2. The first-order valence-electron chi connectivity index (χ1n) is 15.4. The van der Waals surface area contributed by atoms with E-state index in [0.717, 1.165) is 42.7 Å². The Labute approximate surface area is 291 Å². The summed E-state index contributed by atoms with van der Waals surface area (Å²) < 4.78 is 51.2. The number of para-hydroxylation sites is 1. The molecule has 0 atom stereocenters. The van der Waals surface area contributed by atoms with Crippen LogP contribution in [-0.4, -0.2) is 62.9 Å². The van der Waals surface area contributed by atoms with Gasteiger partial charge in [-0.3, -0.25) is 19.2 Å². The summed E-state index contributed by atoms with van der Waals surface area (Å²) in [7, 11) is -2.68. The van der Waals surface area contributed by atoms with Gasteiger partial charge in [-0.25, -0.2) is 27.2 Å². The Bertz CT molecular complexity index is 1990. The number of hydrogen-bond donors (Lipinski definition) is 3. The zero-order valence-corrected chi connectivity index (χ0v) is 28.1. The molecule has 1 heterocycles. The van der Waals surface area contributed by atoms with E-state index in [2.05, 4.69) is 5.32 Å². The summed E-state index contributed by atoms with van der Waals surface area (Å²) in [5.41, 5.74) is 1.04. The smallest absolute Gasteiger partial charge is 0.341 e. The molecule has 6 rings (SSSR count). The summed E-state index contributed by atoms with van der Waals surface area (Å²) in [6, 6.07) is 13.9. The minimum Gasteiger partial charge on any atom is -0.496 e. The highest BCUT2D eigenvalue weighted by molar-refractivity contribution is 7.90. The van der Waals surface area contributed by atoms with Gasteiger partial charge in [0.2, 0.25) is 0 Å². The number of halogens is 2. The third-order valence-corrected chi connectivity index (χ3v) is 9.54. The van der Waals surface area contributed by atoms with E-state index in [9.17, 15) is 36.8 Å². The molecule has 3 aromatic carbocycles. The zero-order valence-electron chi connectivity index (χ0n) is 26.5. The van der Waals surface area contributed by atoms with Crippen molar-refractivity contribution in [1.82, 2.24) is 10.0 Å². The molecule has 1 fully saturated rings. The van der Waals surface area contributed by atoms with Crippen molar-refractivity contribution in [2.45, 2.75) is 49.5 Å². The second-order valence-corrected chi connectivity index (χ2v) is 13.5. The molecule has 262 valence electrons. The summed E-state index contributed by atoms with van der Waals surface area (Å²) >= 11 is 5.83. The van der Waals surface area contributed by atoms with Crippen LogP contribution in [0.3, 0.4) is 0 Å². The van der Waals surface area contributed by atoms with E-state index in [1.54, 1.807) is 18.2 Å². The average molecular weight is 728 g/mol. The van der Waals surface area contributed by atoms with Gasteiger partial charge >= 0.3 is 5.97 Å². The lowest BCUT2D eigenvalue weighted by molar-refractivity contribution is -0.139. The van der Waals surface area contributed by atoms with Crippen molar-refractivity contribution in [2.75, 3.05) is 18.6 Å². The summed E-state index contributed by atoms with van der Waals surface area (Å²) in [4.78, 5) is 60.4. The first kappa shape index (κ1) is 36.0.